The third-order valence-electron chi connectivity index (χ3n) is 9.90. The van der Waals surface area contributed by atoms with Gasteiger partial charge in [0.25, 0.3) is 0 Å². The maximum atomic E-state index is 6.69. The fraction of sp³-hybridized carbons (Fsp3) is 0. The van der Waals surface area contributed by atoms with E-state index in [0.29, 0.717) is 17.5 Å². The van der Waals surface area contributed by atoms with Crippen LogP contribution in [0.15, 0.2) is 199 Å². The molecule has 0 saturated heterocycles. The summed E-state index contributed by atoms with van der Waals surface area (Å²) in [4.78, 5) is 17.3. The first-order valence-corrected chi connectivity index (χ1v) is 18.0. The number of nitrogens with zero attached hydrogens (tertiary/aromatic N) is 4. The van der Waals surface area contributed by atoms with Crippen LogP contribution in [0.25, 0.3) is 78.0 Å². The number of aromatic nitrogens is 3. The summed E-state index contributed by atoms with van der Waals surface area (Å²) in [7, 11) is 0. The lowest BCUT2D eigenvalue weighted by atomic mass is 10.0. The fourth-order valence-electron chi connectivity index (χ4n) is 7.35. The molecule has 0 bridgehead atoms. The first-order valence-electron chi connectivity index (χ1n) is 18.0. The van der Waals surface area contributed by atoms with Crippen LogP contribution < -0.4 is 4.90 Å². The standard InChI is InChI=1S/C49H32N4O/c1-4-15-33(16-5-1)37-23-12-24-38(31-37)53(43-27-13-22-34-17-10-11-25-40(34)43)39-29-30-41-45(32-39)54-44-28-14-26-42(46(41)44)49-51-47(35-18-6-2-7-19-35)50-48(52-49)36-20-8-3-9-21-36/h1-32H. The molecule has 10 aromatic rings. The maximum Gasteiger partial charge on any atom is 0.164 e. The number of furan rings is 1. The number of benzene rings is 8. The first-order chi connectivity index (χ1) is 26.8. The monoisotopic (exact) mass is 692 g/mol. The molecule has 0 atom stereocenters. The second-order valence-electron chi connectivity index (χ2n) is 13.2. The molecule has 0 aliphatic heterocycles. The van der Waals surface area contributed by atoms with Gasteiger partial charge in [-0.25, -0.2) is 15.0 Å². The molecule has 0 aliphatic rings. The Labute approximate surface area is 312 Å². The van der Waals surface area contributed by atoms with Gasteiger partial charge in [0.1, 0.15) is 11.2 Å². The fourth-order valence-corrected chi connectivity index (χ4v) is 7.35. The Morgan fingerprint density at radius 1 is 0.370 bits per heavy atom. The van der Waals surface area contributed by atoms with Gasteiger partial charge in [0.05, 0.1) is 5.69 Å². The van der Waals surface area contributed by atoms with Gasteiger partial charge in [-0.15, -0.1) is 0 Å². The maximum absolute atomic E-state index is 6.69. The van der Waals surface area contributed by atoms with Crippen molar-refractivity contribution in [3.63, 3.8) is 0 Å². The van der Waals surface area contributed by atoms with Crippen LogP contribution in [0.5, 0.6) is 0 Å². The van der Waals surface area contributed by atoms with E-state index < -0.39 is 0 Å². The molecule has 254 valence electrons. The molecule has 0 fully saturated rings. The number of hydrogen-bond acceptors (Lipinski definition) is 5. The third kappa shape index (κ3) is 5.65. The normalized spacial score (nSPS) is 11.3. The summed E-state index contributed by atoms with van der Waals surface area (Å²) in [5.41, 5.74) is 9.73. The first kappa shape index (κ1) is 31.4. The molecule has 10 rings (SSSR count). The number of fused-ring (bicyclic) bond motifs is 4. The van der Waals surface area contributed by atoms with Crippen molar-refractivity contribution < 1.29 is 4.42 Å². The summed E-state index contributed by atoms with van der Waals surface area (Å²) in [5, 5.41) is 4.29. The minimum absolute atomic E-state index is 0.593. The van der Waals surface area contributed by atoms with E-state index in [1.807, 2.05) is 72.8 Å². The molecule has 0 spiro atoms. The van der Waals surface area contributed by atoms with Crippen molar-refractivity contribution in [1.82, 2.24) is 15.0 Å². The van der Waals surface area contributed by atoms with Crippen LogP contribution in [0.3, 0.4) is 0 Å². The van der Waals surface area contributed by atoms with E-state index in [0.717, 1.165) is 66.6 Å². The van der Waals surface area contributed by atoms with Crippen LogP contribution in [0.4, 0.5) is 17.1 Å². The summed E-state index contributed by atoms with van der Waals surface area (Å²) < 4.78 is 6.69. The Morgan fingerprint density at radius 3 is 1.69 bits per heavy atom. The molecule has 54 heavy (non-hydrogen) atoms. The van der Waals surface area contributed by atoms with Crippen molar-refractivity contribution in [2.24, 2.45) is 0 Å². The van der Waals surface area contributed by atoms with Crippen LogP contribution in [-0.2, 0) is 0 Å². The molecule has 5 heteroatoms. The van der Waals surface area contributed by atoms with Gasteiger partial charge in [-0.3, -0.25) is 0 Å². The van der Waals surface area contributed by atoms with Crippen LogP contribution in [-0.4, -0.2) is 15.0 Å². The summed E-state index contributed by atoms with van der Waals surface area (Å²) >= 11 is 0. The summed E-state index contributed by atoms with van der Waals surface area (Å²) in [6, 6.07) is 66.9. The number of anilines is 3. The quantitative estimate of drug-likeness (QED) is 0.166. The van der Waals surface area contributed by atoms with E-state index >= 15 is 0 Å². The molecule has 0 amide bonds. The van der Waals surface area contributed by atoms with E-state index in [1.54, 1.807) is 0 Å². The minimum atomic E-state index is 0.593. The Morgan fingerprint density at radius 2 is 0.944 bits per heavy atom. The highest BCUT2D eigenvalue weighted by atomic mass is 16.3. The van der Waals surface area contributed by atoms with Gasteiger partial charge in [-0.1, -0.05) is 152 Å². The minimum Gasteiger partial charge on any atom is -0.456 e. The van der Waals surface area contributed by atoms with Crippen molar-refractivity contribution in [3.8, 4) is 45.3 Å². The molecule has 0 radical (unpaired) electrons. The lowest BCUT2D eigenvalue weighted by Gasteiger charge is -2.27. The number of hydrogen-bond donors (Lipinski definition) is 0. The predicted octanol–water partition coefficient (Wildman–Crippen LogP) is 13.1. The molecule has 8 aromatic carbocycles. The summed E-state index contributed by atoms with van der Waals surface area (Å²) in [6.07, 6.45) is 0. The lowest BCUT2D eigenvalue weighted by Crippen LogP contribution is -2.10. The molecule has 2 heterocycles. The van der Waals surface area contributed by atoms with Crippen LogP contribution >= 0.6 is 0 Å². The molecule has 5 nitrogen and oxygen atoms in total. The van der Waals surface area contributed by atoms with Gasteiger partial charge >= 0.3 is 0 Å². The Balaban J connectivity index is 1.16. The second-order valence-corrected chi connectivity index (χ2v) is 13.2. The molecular weight excluding hydrogens is 661 g/mol. The van der Waals surface area contributed by atoms with Gasteiger partial charge in [0.15, 0.2) is 17.5 Å². The van der Waals surface area contributed by atoms with Crippen LogP contribution in [0.2, 0.25) is 0 Å². The highest BCUT2D eigenvalue weighted by Crippen LogP contribution is 2.43. The van der Waals surface area contributed by atoms with E-state index in [-0.39, 0.29) is 0 Å². The Hall–Kier alpha value is -7.37. The molecule has 2 aromatic heterocycles. The third-order valence-corrected chi connectivity index (χ3v) is 9.90. The smallest absolute Gasteiger partial charge is 0.164 e. The van der Waals surface area contributed by atoms with E-state index in [1.165, 1.54) is 10.9 Å². The van der Waals surface area contributed by atoms with Gasteiger partial charge < -0.3 is 9.32 Å². The van der Waals surface area contributed by atoms with E-state index in [9.17, 15) is 0 Å². The predicted molar refractivity (Wildman–Crippen MR) is 221 cm³/mol. The Bertz CT molecular complexity index is 2880. The van der Waals surface area contributed by atoms with Crippen molar-refractivity contribution in [1.29, 1.82) is 0 Å². The van der Waals surface area contributed by atoms with E-state index in [4.69, 9.17) is 19.4 Å². The molecule has 0 N–H and O–H groups in total. The zero-order valence-electron chi connectivity index (χ0n) is 29.2. The Kier molecular flexibility index (Phi) is 7.73. The van der Waals surface area contributed by atoms with Gasteiger partial charge in [-0.2, -0.15) is 0 Å². The highest BCUT2D eigenvalue weighted by molar-refractivity contribution is 6.13. The summed E-state index contributed by atoms with van der Waals surface area (Å²) in [5.74, 6) is 1.83. The molecular formula is C49H32N4O. The summed E-state index contributed by atoms with van der Waals surface area (Å²) in [6.45, 7) is 0. The van der Waals surface area contributed by atoms with Crippen molar-refractivity contribution in [3.05, 3.63) is 194 Å². The SMILES string of the molecule is c1ccc(-c2cccc(N(c3ccc4c(c3)oc3cccc(-c5nc(-c6ccccc6)nc(-c6ccccc6)n5)c34)c3cccc4ccccc34)c2)cc1. The van der Waals surface area contributed by atoms with Crippen molar-refractivity contribution in [2.75, 3.05) is 4.90 Å². The van der Waals surface area contributed by atoms with Crippen LogP contribution in [0.1, 0.15) is 0 Å². The zero-order chi connectivity index (χ0) is 35.8. The van der Waals surface area contributed by atoms with Gasteiger partial charge in [0, 0.05) is 50.3 Å². The number of rotatable bonds is 7. The average Bonchev–Trinajstić information content (AvgIpc) is 3.63. The second kappa shape index (κ2) is 13.3. The topological polar surface area (TPSA) is 55.1 Å². The average molecular weight is 693 g/mol. The lowest BCUT2D eigenvalue weighted by molar-refractivity contribution is 0.669. The van der Waals surface area contributed by atoms with Crippen molar-refractivity contribution >= 4 is 49.8 Å². The highest BCUT2D eigenvalue weighted by Gasteiger charge is 2.21. The molecule has 0 unspecified atom stereocenters. The van der Waals surface area contributed by atoms with E-state index in [2.05, 4.69) is 126 Å². The molecule has 0 saturated carbocycles. The van der Waals surface area contributed by atoms with Gasteiger partial charge in [-0.05, 0) is 52.9 Å². The zero-order valence-corrected chi connectivity index (χ0v) is 29.2. The van der Waals surface area contributed by atoms with Crippen LogP contribution in [0, 0.1) is 0 Å². The van der Waals surface area contributed by atoms with Crippen molar-refractivity contribution in [2.45, 2.75) is 0 Å². The largest absolute Gasteiger partial charge is 0.456 e. The van der Waals surface area contributed by atoms with Gasteiger partial charge in [0.2, 0.25) is 0 Å². The molecule has 0 aliphatic carbocycles.